The zero-order valence-corrected chi connectivity index (χ0v) is 9.72. The van der Waals surface area contributed by atoms with Gasteiger partial charge in [-0.3, -0.25) is 0 Å². The first-order chi connectivity index (χ1) is 8.82. The minimum atomic E-state index is -4.61. The van der Waals surface area contributed by atoms with Crippen molar-refractivity contribution in [2.45, 2.75) is 18.4 Å². The molecule has 2 unspecified atom stereocenters. The van der Waals surface area contributed by atoms with Gasteiger partial charge in [-0.2, -0.15) is 18.4 Å². The van der Waals surface area contributed by atoms with Crippen molar-refractivity contribution >= 4 is 5.69 Å². The van der Waals surface area contributed by atoms with E-state index in [0.717, 1.165) is 12.1 Å². The van der Waals surface area contributed by atoms with E-state index in [-0.39, 0.29) is 18.8 Å². The number of β-amino-alcohol motifs (C(OH)–C–C–N with tert-alkyl or cyclic N) is 2. The van der Waals surface area contributed by atoms with Gasteiger partial charge in [0.1, 0.15) is 0 Å². The van der Waals surface area contributed by atoms with Crippen LogP contribution in [-0.4, -0.2) is 35.5 Å². The maximum atomic E-state index is 12.8. The second-order valence-electron chi connectivity index (χ2n) is 4.38. The summed E-state index contributed by atoms with van der Waals surface area (Å²) in [5.74, 6) is 0. The molecule has 1 aliphatic rings. The summed E-state index contributed by atoms with van der Waals surface area (Å²) in [6, 6.07) is 4.83. The first-order valence-electron chi connectivity index (χ1n) is 5.55. The molecule has 7 heteroatoms. The van der Waals surface area contributed by atoms with E-state index in [4.69, 9.17) is 5.26 Å². The van der Waals surface area contributed by atoms with Crippen LogP contribution in [0.25, 0.3) is 0 Å². The molecule has 4 nitrogen and oxygen atoms in total. The summed E-state index contributed by atoms with van der Waals surface area (Å²) in [5.41, 5.74) is -1.23. The predicted octanol–water partition coefficient (Wildman–Crippen LogP) is 1.12. The van der Waals surface area contributed by atoms with Crippen molar-refractivity contribution in [1.29, 1.82) is 5.26 Å². The quantitative estimate of drug-likeness (QED) is 0.804. The van der Waals surface area contributed by atoms with Crippen LogP contribution in [0.1, 0.15) is 11.1 Å². The van der Waals surface area contributed by atoms with Gasteiger partial charge in [0.25, 0.3) is 0 Å². The summed E-state index contributed by atoms with van der Waals surface area (Å²) in [6.07, 6.45) is -6.58. The molecule has 1 fully saturated rings. The van der Waals surface area contributed by atoms with E-state index in [1.165, 1.54) is 17.0 Å². The van der Waals surface area contributed by atoms with E-state index in [2.05, 4.69) is 0 Å². The third-order valence-corrected chi connectivity index (χ3v) is 3.05. The van der Waals surface area contributed by atoms with Gasteiger partial charge >= 0.3 is 6.18 Å². The molecule has 1 aliphatic heterocycles. The lowest BCUT2D eigenvalue weighted by molar-refractivity contribution is -0.137. The van der Waals surface area contributed by atoms with Crippen LogP contribution in [0.2, 0.25) is 0 Å². The molecule has 19 heavy (non-hydrogen) atoms. The van der Waals surface area contributed by atoms with Crippen LogP contribution in [0.4, 0.5) is 18.9 Å². The fourth-order valence-corrected chi connectivity index (χ4v) is 2.04. The molecular formula is C12H11F3N2O2. The van der Waals surface area contributed by atoms with E-state index in [1.54, 1.807) is 0 Å². The SMILES string of the molecule is N#Cc1ccc(N2CC(O)C(O)C2)cc1C(F)(F)F. The summed E-state index contributed by atoms with van der Waals surface area (Å²) in [5, 5.41) is 27.5. The van der Waals surface area contributed by atoms with Crippen LogP contribution in [0.15, 0.2) is 18.2 Å². The van der Waals surface area contributed by atoms with Crippen LogP contribution in [0.5, 0.6) is 0 Å². The Labute approximate surface area is 107 Å². The van der Waals surface area contributed by atoms with Gasteiger partial charge in [0.2, 0.25) is 0 Å². The molecule has 2 N–H and O–H groups in total. The van der Waals surface area contributed by atoms with Crippen LogP contribution < -0.4 is 4.90 Å². The fraction of sp³-hybridized carbons (Fsp3) is 0.417. The van der Waals surface area contributed by atoms with Crippen molar-refractivity contribution in [3.05, 3.63) is 29.3 Å². The molecule has 2 atom stereocenters. The summed E-state index contributed by atoms with van der Waals surface area (Å²) in [6.45, 7) is 0.120. The Hall–Kier alpha value is -1.78. The highest BCUT2D eigenvalue weighted by molar-refractivity contribution is 5.55. The maximum Gasteiger partial charge on any atom is 0.417 e. The number of hydrogen-bond donors (Lipinski definition) is 2. The lowest BCUT2D eigenvalue weighted by Crippen LogP contribution is -2.22. The molecule has 1 saturated heterocycles. The van der Waals surface area contributed by atoms with E-state index < -0.39 is 29.5 Å². The van der Waals surface area contributed by atoms with Crippen LogP contribution in [0, 0.1) is 11.3 Å². The monoisotopic (exact) mass is 272 g/mol. The van der Waals surface area contributed by atoms with Gasteiger partial charge in [-0.05, 0) is 18.2 Å². The Balaban J connectivity index is 2.37. The molecule has 0 aliphatic carbocycles. The molecule has 1 aromatic rings. The smallest absolute Gasteiger partial charge is 0.389 e. The highest BCUT2D eigenvalue weighted by atomic mass is 19.4. The summed E-state index contributed by atoms with van der Waals surface area (Å²) in [4.78, 5) is 1.45. The van der Waals surface area contributed by atoms with Crippen molar-refractivity contribution < 1.29 is 23.4 Å². The number of aliphatic hydroxyl groups is 2. The Kier molecular flexibility index (Phi) is 3.39. The van der Waals surface area contributed by atoms with Gasteiger partial charge in [-0.15, -0.1) is 0 Å². The molecule has 0 saturated carbocycles. The molecule has 0 spiro atoms. The molecule has 0 radical (unpaired) electrons. The number of aliphatic hydroxyl groups excluding tert-OH is 2. The molecule has 0 aromatic heterocycles. The van der Waals surface area contributed by atoms with Crippen LogP contribution in [-0.2, 0) is 6.18 Å². The summed E-state index contributed by atoms with van der Waals surface area (Å²) < 4.78 is 38.4. The molecule has 102 valence electrons. The summed E-state index contributed by atoms with van der Waals surface area (Å²) in [7, 11) is 0. The van der Waals surface area contributed by atoms with E-state index in [1.807, 2.05) is 0 Å². The average molecular weight is 272 g/mol. The average Bonchev–Trinajstić information content (AvgIpc) is 2.68. The Bertz CT molecular complexity index is 515. The van der Waals surface area contributed by atoms with Gasteiger partial charge < -0.3 is 15.1 Å². The van der Waals surface area contributed by atoms with Crippen molar-refractivity contribution in [3.63, 3.8) is 0 Å². The normalized spacial score (nSPS) is 23.5. The highest BCUT2D eigenvalue weighted by Gasteiger charge is 2.35. The number of anilines is 1. The second kappa shape index (κ2) is 4.72. The lowest BCUT2D eigenvalue weighted by Gasteiger charge is -2.19. The minimum absolute atomic E-state index is 0.0599. The van der Waals surface area contributed by atoms with E-state index >= 15 is 0 Å². The molecule has 1 heterocycles. The summed E-state index contributed by atoms with van der Waals surface area (Å²) >= 11 is 0. The Morgan fingerprint density at radius 2 is 1.79 bits per heavy atom. The Morgan fingerprint density at radius 3 is 2.26 bits per heavy atom. The number of alkyl halides is 3. The molecule has 0 bridgehead atoms. The molecule has 1 aromatic carbocycles. The van der Waals surface area contributed by atoms with Crippen molar-refractivity contribution in [2.24, 2.45) is 0 Å². The lowest BCUT2D eigenvalue weighted by atomic mass is 10.1. The highest BCUT2D eigenvalue weighted by Crippen LogP contribution is 2.35. The molecular weight excluding hydrogens is 261 g/mol. The van der Waals surface area contributed by atoms with Gasteiger partial charge in [0, 0.05) is 18.8 Å². The van der Waals surface area contributed by atoms with Gasteiger partial charge in [-0.1, -0.05) is 0 Å². The van der Waals surface area contributed by atoms with E-state index in [0.29, 0.717) is 0 Å². The number of rotatable bonds is 1. The van der Waals surface area contributed by atoms with Crippen molar-refractivity contribution in [2.75, 3.05) is 18.0 Å². The van der Waals surface area contributed by atoms with Crippen molar-refractivity contribution in [1.82, 2.24) is 0 Å². The number of benzene rings is 1. The van der Waals surface area contributed by atoms with E-state index in [9.17, 15) is 23.4 Å². The third kappa shape index (κ3) is 2.64. The molecule has 2 rings (SSSR count). The number of halogens is 3. The van der Waals surface area contributed by atoms with Gasteiger partial charge in [0.05, 0.1) is 29.4 Å². The topological polar surface area (TPSA) is 67.5 Å². The first kappa shape index (κ1) is 13.6. The molecule has 0 amide bonds. The number of hydrogen-bond acceptors (Lipinski definition) is 4. The largest absolute Gasteiger partial charge is 0.417 e. The van der Waals surface area contributed by atoms with Crippen LogP contribution in [0.3, 0.4) is 0 Å². The maximum absolute atomic E-state index is 12.8. The third-order valence-electron chi connectivity index (χ3n) is 3.05. The second-order valence-corrected chi connectivity index (χ2v) is 4.38. The minimum Gasteiger partial charge on any atom is -0.389 e. The zero-order valence-electron chi connectivity index (χ0n) is 9.72. The standard InChI is InChI=1S/C12H11F3N2O2/c13-12(14,15)9-3-8(2-1-7(9)4-16)17-5-10(18)11(19)6-17/h1-3,10-11,18-19H,5-6H2. The van der Waals surface area contributed by atoms with Crippen LogP contribution >= 0.6 is 0 Å². The van der Waals surface area contributed by atoms with Gasteiger partial charge in [0.15, 0.2) is 0 Å². The zero-order chi connectivity index (χ0) is 14.2. The number of nitriles is 1. The number of nitrogens with zero attached hydrogens (tertiary/aromatic N) is 2. The van der Waals surface area contributed by atoms with Gasteiger partial charge in [-0.25, -0.2) is 0 Å². The predicted molar refractivity (Wildman–Crippen MR) is 60.4 cm³/mol. The van der Waals surface area contributed by atoms with Crippen molar-refractivity contribution in [3.8, 4) is 6.07 Å². The fourth-order valence-electron chi connectivity index (χ4n) is 2.04. The first-order valence-corrected chi connectivity index (χ1v) is 5.55. The Morgan fingerprint density at radius 1 is 1.21 bits per heavy atom.